The molecule has 4 nitrogen and oxygen atoms in total. The number of rotatable bonds is 8. The molecule has 1 unspecified atom stereocenters. The summed E-state index contributed by atoms with van der Waals surface area (Å²) in [6, 6.07) is 15.4. The highest BCUT2D eigenvalue weighted by atomic mass is 16.5. The quantitative estimate of drug-likeness (QED) is 0.797. The third-order valence-corrected chi connectivity index (χ3v) is 4.30. The van der Waals surface area contributed by atoms with Crippen molar-refractivity contribution in [2.24, 2.45) is 0 Å². The molecular weight excluding hydrogens is 302 g/mol. The van der Waals surface area contributed by atoms with Crippen LogP contribution in [0.4, 0.5) is 5.69 Å². The Labute approximate surface area is 143 Å². The summed E-state index contributed by atoms with van der Waals surface area (Å²) < 4.78 is 5.20. The Hall–Kier alpha value is -2.49. The van der Waals surface area contributed by atoms with Crippen molar-refractivity contribution in [3.63, 3.8) is 0 Å². The average molecular weight is 327 g/mol. The fraction of sp³-hybridized carbons (Fsp3) is 0.350. The number of hydrogen-bond donors (Lipinski definition) is 1. The van der Waals surface area contributed by atoms with Gasteiger partial charge in [0.1, 0.15) is 5.75 Å². The SMILES string of the molecule is CCN(CC)c1ccc(CC(C(=O)O)c2cccc(OC)c2)cc1. The Bertz CT molecular complexity index is 663. The standard InChI is InChI=1S/C20H25NO3/c1-4-21(5-2)17-11-9-15(10-12-17)13-19(20(22)23)16-7-6-8-18(14-16)24-3/h6-12,14,19H,4-5,13H2,1-3H3,(H,22,23). The van der Waals surface area contributed by atoms with Gasteiger partial charge in [-0.05, 0) is 55.7 Å². The molecule has 1 N–H and O–H groups in total. The smallest absolute Gasteiger partial charge is 0.311 e. The normalized spacial score (nSPS) is 11.8. The van der Waals surface area contributed by atoms with Gasteiger partial charge in [-0.2, -0.15) is 0 Å². The van der Waals surface area contributed by atoms with E-state index in [2.05, 4.69) is 30.9 Å². The molecule has 2 aromatic rings. The predicted octanol–water partition coefficient (Wildman–Crippen LogP) is 3.95. The van der Waals surface area contributed by atoms with Crippen molar-refractivity contribution in [3.05, 3.63) is 59.7 Å². The van der Waals surface area contributed by atoms with Crippen molar-refractivity contribution >= 4 is 11.7 Å². The molecule has 0 aliphatic rings. The molecule has 0 aromatic heterocycles. The first-order chi connectivity index (χ1) is 11.6. The van der Waals surface area contributed by atoms with Gasteiger partial charge in [0.05, 0.1) is 13.0 Å². The summed E-state index contributed by atoms with van der Waals surface area (Å²) in [6.07, 6.45) is 0.459. The van der Waals surface area contributed by atoms with Crippen LogP contribution in [0.15, 0.2) is 48.5 Å². The minimum absolute atomic E-state index is 0.459. The highest BCUT2D eigenvalue weighted by Gasteiger charge is 2.21. The fourth-order valence-electron chi connectivity index (χ4n) is 2.87. The molecule has 0 radical (unpaired) electrons. The predicted molar refractivity (Wildman–Crippen MR) is 97.1 cm³/mol. The summed E-state index contributed by atoms with van der Waals surface area (Å²) in [5.41, 5.74) is 2.94. The molecule has 0 aliphatic carbocycles. The molecule has 2 rings (SSSR count). The number of ether oxygens (including phenoxy) is 1. The van der Waals surface area contributed by atoms with Crippen molar-refractivity contribution in [1.29, 1.82) is 0 Å². The molecule has 0 saturated carbocycles. The fourth-order valence-corrected chi connectivity index (χ4v) is 2.87. The first-order valence-electron chi connectivity index (χ1n) is 8.29. The second-order valence-corrected chi connectivity index (χ2v) is 5.71. The van der Waals surface area contributed by atoms with Crippen LogP contribution in [0, 0.1) is 0 Å². The summed E-state index contributed by atoms with van der Waals surface area (Å²) >= 11 is 0. The monoisotopic (exact) mass is 327 g/mol. The maximum Gasteiger partial charge on any atom is 0.311 e. The maximum atomic E-state index is 11.7. The Kier molecular flexibility index (Phi) is 6.24. The number of nitrogens with zero attached hydrogens (tertiary/aromatic N) is 1. The zero-order chi connectivity index (χ0) is 17.5. The number of carboxylic acid groups (broad SMARTS) is 1. The molecule has 0 saturated heterocycles. The molecule has 0 heterocycles. The summed E-state index contributed by atoms with van der Waals surface area (Å²) in [6.45, 7) is 6.16. The first kappa shape index (κ1) is 17.9. The molecule has 1 atom stereocenters. The van der Waals surface area contributed by atoms with Crippen LogP contribution >= 0.6 is 0 Å². The average Bonchev–Trinajstić information content (AvgIpc) is 2.61. The van der Waals surface area contributed by atoms with E-state index in [1.807, 2.05) is 30.3 Å². The molecule has 0 spiro atoms. The topological polar surface area (TPSA) is 49.8 Å². The number of hydrogen-bond acceptors (Lipinski definition) is 3. The van der Waals surface area contributed by atoms with Gasteiger partial charge < -0.3 is 14.7 Å². The van der Waals surface area contributed by atoms with Crippen LogP contribution < -0.4 is 9.64 Å². The second-order valence-electron chi connectivity index (χ2n) is 5.71. The van der Waals surface area contributed by atoms with Crippen LogP contribution in [0.1, 0.15) is 30.9 Å². The second kappa shape index (κ2) is 8.39. The van der Waals surface area contributed by atoms with E-state index >= 15 is 0 Å². The van der Waals surface area contributed by atoms with E-state index in [1.54, 1.807) is 13.2 Å². The maximum absolute atomic E-state index is 11.7. The summed E-state index contributed by atoms with van der Waals surface area (Å²) in [7, 11) is 1.58. The molecule has 0 amide bonds. The number of carbonyl (C=O) groups is 1. The van der Waals surface area contributed by atoms with Crippen LogP contribution in [-0.2, 0) is 11.2 Å². The van der Waals surface area contributed by atoms with E-state index in [9.17, 15) is 9.90 Å². The van der Waals surface area contributed by atoms with Gasteiger partial charge in [0.2, 0.25) is 0 Å². The van der Waals surface area contributed by atoms with Crippen molar-refractivity contribution in [3.8, 4) is 5.75 Å². The largest absolute Gasteiger partial charge is 0.497 e. The van der Waals surface area contributed by atoms with Crippen LogP contribution in [0.2, 0.25) is 0 Å². The number of aliphatic carboxylic acids is 1. The molecule has 4 heteroatoms. The van der Waals surface area contributed by atoms with Crippen molar-refractivity contribution in [2.75, 3.05) is 25.1 Å². The number of anilines is 1. The molecule has 0 aliphatic heterocycles. The Balaban J connectivity index is 2.20. The molecule has 2 aromatic carbocycles. The van der Waals surface area contributed by atoms with Gasteiger partial charge in [-0.15, -0.1) is 0 Å². The summed E-state index contributed by atoms with van der Waals surface area (Å²) in [5.74, 6) is -0.730. The number of carboxylic acids is 1. The minimum Gasteiger partial charge on any atom is -0.497 e. The highest BCUT2D eigenvalue weighted by Crippen LogP contribution is 2.26. The number of methoxy groups -OCH3 is 1. The molecular formula is C20H25NO3. The van der Waals surface area contributed by atoms with Crippen molar-refractivity contribution in [1.82, 2.24) is 0 Å². The lowest BCUT2D eigenvalue weighted by molar-refractivity contribution is -0.138. The Morgan fingerprint density at radius 3 is 2.33 bits per heavy atom. The Morgan fingerprint density at radius 2 is 1.79 bits per heavy atom. The molecule has 24 heavy (non-hydrogen) atoms. The molecule has 0 bridgehead atoms. The van der Waals surface area contributed by atoms with Crippen LogP contribution in [-0.4, -0.2) is 31.3 Å². The van der Waals surface area contributed by atoms with E-state index in [-0.39, 0.29) is 0 Å². The van der Waals surface area contributed by atoms with E-state index in [0.29, 0.717) is 12.2 Å². The zero-order valence-corrected chi connectivity index (χ0v) is 14.5. The van der Waals surface area contributed by atoms with E-state index < -0.39 is 11.9 Å². The van der Waals surface area contributed by atoms with Crippen molar-refractivity contribution < 1.29 is 14.6 Å². The zero-order valence-electron chi connectivity index (χ0n) is 14.5. The van der Waals surface area contributed by atoms with E-state index in [0.717, 1.165) is 29.9 Å². The lowest BCUT2D eigenvalue weighted by Crippen LogP contribution is -2.21. The summed E-state index contributed by atoms with van der Waals surface area (Å²) in [4.78, 5) is 14.0. The summed E-state index contributed by atoms with van der Waals surface area (Å²) in [5, 5.41) is 9.62. The van der Waals surface area contributed by atoms with Gasteiger partial charge in [-0.3, -0.25) is 4.79 Å². The highest BCUT2D eigenvalue weighted by molar-refractivity contribution is 5.76. The third-order valence-electron chi connectivity index (χ3n) is 4.30. The van der Waals surface area contributed by atoms with Gasteiger partial charge in [-0.25, -0.2) is 0 Å². The van der Waals surface area contributed by atoms with Gasteiger partial charge in [-0.1, -0.05) is 24.3 Å². The van der Waals surface area contributed by atoms with Crippen LogP contribution in [0.25, 0.3) is 0 Å². The van der Waals surface area contributed by atoms with Gasteiger partial charge >= 0.3 is 5.97 Å². The van der Waals surface area contributed by atoms with Crippen LogP contribution in [0.3, 0.4) is 0 Å². The van der Waals surface area contributed by atoms with Crippen molar-refractivity contribution in [2.45, 2.75) is 26.2 Å². The van der Waals surface area contributed by atoms with E-state index in [4.69, 9.17) is 4.74 Å². The third kappa shape index (κ3) is 4.28. The Morgan fingerprint density at radius 1 is 1.12 bits per heavy atom. The van der Waals surface area contributed by atoms with E-state index in [1.165, 1.54) is 0 Å². The lowest BCUT2D eigenvalue weighted by atomic mass is 9.92. The number of benzene rings is 2. The minimum atomic E-state index is -0.823. The van der Waals surface area contributed by atoms with Gasteiger partial charge in [0.25, 0.3) is 0 Å². The molecule has 128 valence electrons. The lowest BCUT2D eigenvalue weighted by Gasteiger charge is -2.21. The molecule has 0 fully saturated rings. The first-order valence-corrected chi connectivity index (χ1v) is 8.29. The van der Waals surface area contributed by atoms with Crippen LogP contribution in [0.5, 0.6) is 5.75 Å². The van der Waals surface area contributed by atoms with Gasteiger partial charge in [0, 0.05) is 18.8 Å². The van der Waals surface area contributed by atoms with Gasteiger partial charge in [0.15, 0.2) is 0 Å².